The number of carbonyl (C=O) groups is 1. The zero-order valence-corrected chi connectivity index (χ0v) is 14.8. The number of halogens is 6. The number of aldehydes is 1. The number of benzene rings is 2. The van der Waals surface area contributed by atoms with Crippen LogP contribution in [-0.4, -0.2) is 18.3 Å². The van der Waals surface area contributed by atoms with Crippen molar-refractivity contribution in [3.05, 3.63) is 63.4 Å². The molecule has 0 aliphatic carbocycles. The van der Waals surface area contributed by atoms with E-state index in [1.54, 1.807) is 0 Å². The third-order valence-electron chi connectivity index (χ3n) is 3.94. The van der Waals surface area contributed by atoms with Gasteiger partial charge >= 0.3 is 6.18 Å². The molecule has 1 heterocycles. The van der Waals surface area contributed by atoms with E-state index in [-0.39, 0.29) is 39.0 Å². The maximum absolute atomic E-state index is 14.1. The third-order valence-corrected chi connectivity index (χ3v) is 4.37. The Kier molecular flexibility index (Phi) is 5.16. The molecule has 4 nitrogen and oxygen atoms in total. The summed E-state index contributed by atoms with van der Waals surface area (Å²) >= 11 is 11.6. The first-order valence-corrected chi connectivity index (χ1v) is 8.20. The van der Waals surface area contributed by atoms with Gasteiger partial charge in [-0.05, 0) is 35.9 Å². The highest BCUT2D eigenvalue weighted by molar-refractivity contribution is 6.34. The average molecular weight is 421 g/mol. The predicted octanol–water partition coefficient (Wildman–Crippen LogP) is 5.36. The second-order valence-corrected chi connectivity index (χ2v) is 6.59. The first-order valence-electron chi connectivity index (χ1n) is 7.45. The SMILES string of the molecule is O=Cc1cccc(N=C2CC(c3cc(Cl)cc(Cl)c3)(C(F)(F)F)ON2)c1F. The topological polar surface area (TPSA) is 50.7 Å². The van der Waals surface area contributed by atoms with Gasteiger partial charge in [0.15, 0.2) is 12.1 Å². The monoisotopic (exact) mass is 420 g/mol. The minimum Gasteiger partial charge on any atom is -0.298 e. The Bertz CT molecular complexity index is 913. The van der Waals surface area contributed by atoms with Crippen molar-refractivity contribution in [1.29, 1.82) is 0 Å². The van der Waals surface area contributed by atoms with Crippen molar-refractivity contribution in [3.8, 4) is 0 Å². The summed E-state index contributed by atoms with van der Waals surface area (Å²) in [5.74, 6) is -1.22. The molecular formula is C17H10Cl2F4N2O2. The van der Waals surface area contributed by atoms with Crippen LogP contribution in [0.3, 0.4) is 0 Å². The molecule has 3 rings (SSSR count). The van der Waals surface area contributed by atoms with E-state index in [4.69, 9.17) is 28.0 Å². The van der Waals surface area contributed by atoms with Crippen LogP contribution in [0.5, 0.6) is 0 Å². The third kappa shape index (κ3) is 3.65. The van der Waals surface area contributed by atoms with Gasteiger partial charge in [0, 0.05) is 10.0 Å². The Morgan fingerprint density at radius 2 is 1.85 bits per heavy atom. The van der Waals surface area contributed by atoms with E-state index in [0.29, 0.717) is 0 Å². The van der Waals surface area contributed by atoms with Gasteiger partial charge < -0.3 is 0 Å². The zero-order valence-electron chi connectivity index (χ0n) is 13.3. The lowest BCUT2D eigenvalue weighted by molar-refractivity contribution is -0.282. The fourth-order valence-corrected chi connectivity index (χ4v) is 3.17. The molecule has 1 N–H and O–H groups in total. The summed E-state index contributed by atoms with van der Waals surface area (Å²) in [6.07, 6.45) is -5.34. The highest BCUT2D eigenvalue weighted by atomic mass is 35.5. The number of aliphatic imine (C=N–C) groups is 1. The quantitative estimate of drug-likeness (QED) is 0.537. The van der Waals surface area contributed by atoms with Crippen LogP contribution in [0.15, 0.2) is 41.4 Å². The minimum atomic E-state index is -4.85. The first kappa shape index (κ1) is 19.6. The van der Waals surface area contributed by atoms with Crippen LogP contribution >= 0.6 is 23.2 Å². The number of amidine groups is 1. The van der Waals surface area contributed by atoms with Crippen molar-refractivity contribution in [2.45, 2.75) is 18.2 Å². The first-order chi connectivity index (χ1) is 12.7. The minimum absolute atomic E-state index is 0.000146. The smallest absolute Gasteiger partial charge is 0.298 e. The number of rotatable bonds is 3. The summed E-state index contributed by atoms with van der Waals surface area (Å²) in [5.41, 5.74) is -1.60. The summed E-state index contributed by atoms with van der Waals surface area (Å²) in [5, 5.41) is -0.000292. The van der Waals surface area contributed by atoms with E-state index in [1.807, 2.05) is 0 Å². The summed E-state index contributed by atoms with van der Waals surface area (Å²) in [6.45, 7) is 0. The van der Waals surface area contributed by atoms with Crippen LogP contribution in [0.1, 0.15) is 22.3 Å². The summed E-state index contributed by atoms with van der Waals surface area (Å²) in [7, 11) is 0. The van der Waals surface area contributed by atoms with Crippen LogP contribution in [0.4, 0.5) is 23.2 Å². The molecule has 1 aliphatic rings. The molecule has 0 amide bonds. The van der Waals surface area contributed by atoms with Gasteiger partial charge in [-0.3, -0.25) is 15.1 Å². The molecule has 0 aromatic heterocycles. The number of alkyl halides is 3. The molecule has 0 bridgehead atoms. The molecule has 1 aliphatic heterocycles. The Balaban J connectivity index is 2.04. The molecule has 0 saturated carbocycles. The standard InChI is InChI=1S/C17H10Cl2F4N2O2/c18-11-4-10(5-12(19)6-11)16(17(21,22)23)7-14(25-27-16)24-13-3-1-2-9(8-26)15(13)20/h1-6,8H,7H2,(H,24,25). The average Bonchev–Trinajstić information content (AvgIpc) is 3.01. The van der Waals surface area contributed by atoms with Gasteiger partial charge in [0.05, 0.1) is 12.0 Å². The number of hydroxylamine groups is 1. The van der Waals surface area contributed by atoms with Gasteiger partial charge in [-0.1, -0.05) is 29.3 Å². The van der Waals surface area contributed by atoms with Crippen molar-refractivity contribution in [2.24, 2.45) is 4.99 Å². The molecule has 0 radical (unpaired) electrons. The van der Waals surface area contributed by atoms with Crippen LogP contribution < -0.4 is 5.48 Å². The van der Waals surface area contributed by atoms with E-state index in [2.05, 4.69) is 10.5 Å². The summed E-state index contributed by atoms with van der Waals surface area (Å²) in [4.78, 5) is 19.5. The number of hydrogen-bond donors (Lipinski definition) is 1. The van der Waals surface area contributed by atoms with Gasteiger partial charge in [-0.15, -0.1) is 0 Å². The molecule has 1 saturated heterocycles. The normalized spacial score (nSPS) is 21.3. The molecule has 0 spiro atoms. The predicted molar refractivity (Wildman–Crippen MR) is 91.9 cm³/mol. The van der Waals surface area contributed by atoms with E-state index in [1.165, 1.54) is 24.3 Å². The summed E-state index contributed by atoms with van der Waals surface area (Å²) in [6, 6.07) is 7.25. The highest BCUT2D eigenvalue weighted by Crippen LogP contribution is 2.48. The van der Waals surface area contributed by atoms with Crippen molar-refractivity contribution < 1.29 is 27.2 Å². The molecular weight excluding hydrogens is 411 g/mol. The maximum atomic E-state index is 14.1. The van der Waals surface area contributed by atoms with Gasteiger partial charge in [0.1, 0.15) is 11.5 Å². The van der Waals surface area contributed by atoms with E-state index < -0.39 is 24.0 Å². The Labute approximate surface area is 160 Å². The van der Waals surface area contributed by atoms with Crippen LogP contribution in [0.25, 0.3) is 0 Å². The van der Waals surface area contributed by atoms with Crippen LogP contribution in [0.2, 0.25) is 10.0 Å². The second-order valence-electron chi connectivity index (χ2n) is 5.72. The molecule has 2 aromatic carbocycles. The fraction of sp³-hybridized carbons (Fsp3) is 0.176. The Hall–Kier alpha value is -2.16. The molecule has 1 fully saturated rings. The maximum Gasteiger partial charge on any atom is 0.424 e. The number of nitrogens with one attached hydrogen (secondary N) is 1. The lowest BCUT2D eigenvalue weighted by Gasteiger charge is -2.29. The van der Waals surface area contributed by atoms with Gasteiger partial charge in [0.25, 0.3) is 0 Å². The number of hydrogen-bond acceptors (Lipinski definition) is 3. The van der Waals surface area contributed by atoms with Crippen LogP contribution in [-0.2, 0) is 10.4 Å². The fourth-order valence-electron chi connectivity index (χ4n) is 2.65. The number of carbonyl (C=O) groups excluding carboxylic acids is 1. The molecule has 1 atom stereocenters. The van der Waals surface area contributed by atoms with Crippen molar-refractivity contribution >= 4 is 41.0 Å². The largest absolute Gasteiger partial charge is 0.424 e. The van der Waals surface area contributed by atoms with Gasteiger partial charge in [-0.2, -0.15) is 13.2 Å². The lowest BCUT2D eigenvalue weighted by atomic mass is 9.90. The molecule has 2 aromatic rings. The number of nitrogens with zero attached hydrogens (tertiary/aromatic N) is 1. The van der Waals surface area contributed by atoms with Crippen molar-refractivity contribution in [2.75, 3.05) is 0 Å². The van der Waals surface area contributed by atoms with E-state index in [0.717, 1.165) is 12.1 Å². The molecule has 10 heteroatoms. The highest BCUT2D eigenvalue weighted by Gasteiger charge is 2.62. The van der Waals surface area contributed by atoms with E-state index >= 15 is 0 Å². The van der Waals surface area contributed by atoms with E-state index in [9.17, 15) is 22.4 Å². The van der Waals surface area contributed by atoms with Crippen molar-refractivity contribution in [3.63, 3.8) is 0 Å². The molecule has 27 heavy (non-hydrogen) atoms. The lowest BCUT2D eigenvalue weighted by Crippen LogP contribution is -2.42. The Morgan fingerprint density at radius 1 is 1.19 bits per heavy atom. The van der Waals surface area contributed by atoms with Crippen LogP contribution in [0, 0.1) is 5.82 Å². The Morgan fingerprint density at radius 3 is 2.44 bits per heavy atom. The second kappa shape index (κ2) is 7.10. The zero-order chi connectivity index (χ0) is 19.8. The van der Waals surface area contributed by atoms with Crippen molar-refractivity contribution in [1.82, 2.24) is 5.48 Å². The molecule has 142 valence electrons. The van der Waals surface area contributed by atoms with Gasteiger partial charge in [-0.25, -0.2) is 9.38 Å². The van der Waals surface area contributed by atoms with Gasteiger partial charge in [0.2, 0.25) is 5.60 Å². The summed E-state index contributed by atoms with van der Waals surface area (Å²) < 4.78 is 55.7. The molecule has 1 unspecified atom stereocenters.